The largest absolute Gasteiger partial charge is 0.277 e. The summed E-state index contributed by atoms with van der Waals surface area (Å²) in [6.07, 6.45) is 2.82. The van der Waals surface area contributed by atoms with Crippen molar-refractivity contribution in [3.05, 3.63) is 85.1 Å². The third-order valence-electron chi connectivity index (χ3n) is 6.62. The first kappa shape index (κ1) is 26.5. The maximum Gasteiger partial charge on any atom is 0.274 e. The Labute approximate surface area is 226 Å². The number of pyridine rings is 2. The van der Waals surface area contributed by atoms with Gasteiger partial charge in [0.1, 0.15) is 21.3 Å². The highest BCUT2D eigenvalue weighted by molar-refractivity contribution is 7.90. The fraction of sp³-hybridized carbons (Fsp3) is 0.280. The van der Waals surface area contributed by atoms with Crippen LogP contribution in [0.3, 0.4) is 0 Å². The molecule has 13 heteroatoms. The molecule has 1 fully saturated rings. The van der Waals surface area contributed by atoms with Crippen LogP contribution in [0.1, 0.15) is 40.8 Å². The fourth-order valence-corrected chi connectivity index (χ4v) is 6.08. The van der Waals surface area contributed by atoms with Crippen LogP contribution in [0.25, 0.3) is 16.9 Å². The summed E-state index contributed by atoms with van der Waals surface area (Å²) < 4.78 is 56.2. The minimum Gasteiger partial charge on any atom is -0.277 e. The smallest absolute Gasteiger partial charge is 0.274 e. The second-order valence-corrected chi connectivity index (χ2v) is 12.1. The molecule has 1 aromatic carbocycles. The van der Waals surface area contributed by atoms with Crippen LogP contribution in [0.15, 0.2) is 40.2 Å². The number of halogens is 4. The van der Waals surface area contributed by atoms with E-state index < -0.39 is 37.6 Å². The SMILES string of the molecule is Cc1cnc(-c2cccc(S(C)(=O)=O)c2F)c(F)c1-n1c(C)cc([C@@H]2CC2c2nn(C)nc2Cl)c(Cl)c1=O. The molecule has 5 rings (SSSR count). The highest BCUT2D eigenvalue weighted by atomic mass is 35.5. The van der Waals surface area contributed by atoms with Crippen molar-refractivity contribution in [2.75, 3.05) is 6.26 Å². The number of benzene rings is 1. The molecule has 0 N–H and O–H groups in total. The highest BCUT2D eigenvalue weighted by Gasteiger charge is 2.45. The summed E-state index contributed by atoms with van der Waals surface area (Å²) in [4.78, 5) is 18.3. The van der Waals surface area contributed by atoms with Gasteiger partial charge < -0.3 is 0 Å². The van der Waals surface area contributed by atoms with Gasteiger partial charge in [-0.2, -0.15) is 9.90 Å². The molecule has 1 unspecified atom stereocenters. The number of aryl methyl sites for hydroxylation is 3. The van der Waals surface area contributed by atoms with Crippen molar-refractivity contribution >= 4 is 33.0 Å². The molecular weight excluding hydrogens is 559 g/mol. The first-order valence-electron chi connectivity index (χ1n) is 11.4. The van der Waals surface area contributed by atoms with Crippen molar-refractivity contribution in [2.45, 2.75) is 37.0 Å². The van der Waals surface area contributed by atoms with E-state index in [1.165, 1.54) is 23.1 Å². The molecule has 0 aliphatic heterocycles. The van der Waals surface area contributed by atoms with Gasteiger partial charge in [-0.25, -0.2) is 17.2 Å². The third kappa shape index (κ3) is 4.32. The summed E-state index contributed by atoms with van der Waals surface area (Å²) in [7, 11) is -2.25. The lowest BCUT2D eigenvalue weighted by atomic mass is 10.1. The lowest BCUT2D eigenvalue weighted by molar-refractivity contribution is 0.569. The zero-order valence-electron chi connectivity index (χ0n) is 20.6. The van der Waals surface area contributed by atoms with Crippen LogP contribution in [0.2, 0.25) is 10.2 Å². The molecule has 1 aliphatic carbocycles. The van der Waals surface area contributed by atoms with Gasteiger partial charge >= 0.3 is 0 Å². The van der Waals surface area contributed by atoms with E-state index in [1.807, 2.05) is 0 Å². The van der Waals surface area contributed by atoms with E-state index in [1.54, 1.807) is 27.0 Å². The zero-order chi connectivity index (χ0) is 27.7. The van der Waals surface area contributed by atoms with E-state index in [0.29, 0.717) is 28.9 Å². The predicted molar refractivity (Wildman–Crippen MR) is 139 cm³/mol. The fourth-order valence-electron chi connectivity index (χ4n) is 4.76. The number of aromatic nitrogens is 5. The van der Waals surface area contributed by atoms with Crippen LogP contribution in [0, 0.1) is 25.5 Å². The van der Waals surface area contributed by atoms with Gasteiger partial charge in [-0.3, -0.25) is 14.3 Å². The summed E-state index contributed by atoms with van der Waals surface area (Å²) in [5.41, 5.74) is 0.334. The number of sulfone groups is 1. The molecule has 0 radical (unpaired) electrons. The Hall–Kier alpha value is -3.15. The van der Waals surface area contributed by atoms with Gasteiger partial charge in [0.15, 0.2) is 26.6 Å². The minimum atomic E-state index is -3.92. The van der Waals surface area contributed by atoms with E-state index in [0.717, 1.165) is 16.9 Å². The second-order valence-electron chi connectivity index (χ2n) is 9.35. The Morgan fingerprint density at radius 2 is 1.79 bits per heavy atom. The quantitative estimate of drug-likeness (QED) is 0.333. The number of hydrogen-bond acceptors (Lipinski definition) is 6. The molecule has 0 amide bonds. The van der Waals surface area contributed by atoms with Crippen LogP contribution in [0.5, 0.6) is 0 Å². The van der Waals surface area contributed by atoms with Gasteiger partial charge in [0, 0.05) is 36.7 Å². The topological polar surface area (TPSA) is 99.7 Å². The van der Waals surface area contributed by atoms with Crippen LogP contribution >= 0.6 is 23.2 Å². The molecule has 8 nitrogen and oxygen atoms in total. The zero-order valence-corrected chi connectivity index (χ0v) is 23.0. The maximum atomic E-state index is 16.0. The first-order valence-corrected chi connectivity index (χ1v) is 14.1. The molecule has 38 heavy (non-hydrogen) atoms. The van der Waals surface area contributed by atoms with Crippen LogP contribution in [0.4, 0.5) is 8.78 Å². The average Bonchev–Trinajstić information content (AvgIpc) is 3.54. The van der Waals surface area contributed by atoms with Gasteiger partial charge in [-0.15, -0.1) is 5.10 Å². The Morgan fingerprint density at radius 1 is 1.08 bits per heavy atom. The normalized spacial score (nSPS) is 17.2. The van der Waals surface area contributed by atoms with Gasteiger partial charge in [0.05, 0.1) is 5.69 Å². The Bertz CT molecular complexity index is 1800. The first-order chi connectivity index (χ1) is 17.8. The van der Waals surface area contributed by atoms with Gasteiger partial charge in [0.25, 0.3) is 5.56 Å². The van der Waals surface area contributed by atoms with Gasteiger partial charge in [-0.05, 0) is 55.5 Å². The highest BCUT2D eigenvalue weighted by Crippen LogP contribution is 2.56. The molecule has 0 bridgehead atoms. The van der Waals surface area contributed by atoms with Crippen molar-refractivity contribution in [1.29, 1.82) is 0 Å². The Morgan fingerprint density at radius 3 is 2.42 bits per heavy atom. The molecular formula is C25H21Cl2F2N5O3S. The average molecular weight is 580 g/mol. The molecule has 3 aromatic heterocycles. The number of nitrogens with zero attached hydrogens (tertiary/aromatic N) is 5. The molecule has 198 valence electrons. The molecule has 1 saturated carbocycles. The lowest BCUT2D eigenvalue weighted by Gasteiger charge is -2.18. The van der Waals surface area contributed by atoms with Crippen molar-refractivity contribution < 1.29 is 17.2 Å². The van der Waals surface area contributed by atoms with Crippen molar-refractivity contribution in [2.24, 2.45) is 7.05 Å². The Kier molecular flexibility index (Phi) is 6.44. The van der Waals surface area contributed by atoms with Crippen molar-refractivity contribution in [3.63, 3.8) is 0 Å². The summed E-state index contributed by atoms with van der Waals surface area (Å²) in [6, 6.07) is 5.33. The van der Waals surface area contributed by atoms with E-state index in [2.05, 4.69) is 15.2 Å². The standard InChI is InChI=1S/C25H21Cl2F2N5O3S/c1-11-10-30-21(13-6-5-7-17(19(13)28)38(4,36)37)20(29)23(11)34-12(2)8-15(18(26)25(34)35)14-9-16(14)22-24(27)32-33(3)31-22/h5-8,10,14,16H,9H2,1-4H3/t14-,16?/m0/s1. The molecule has 3 heterocycles. The molecule has 2 atom stereocenters. The monoisotopic (exact) mass is 579 g/mol. The lowest BCUT2D eigenvalue weighted by Crippen LogP contribution is -2.24. The van der Waals surface area contributed by atoms with Crippen molar-refractivity contribution in [3.8, 4) is 16.9 Å². The molecule has 0 spiro atoms. The number of hydrogen-bond donors (Lipinski definition) is 0. The van der Waals surface area contributed by atoms with E-state index in [-0.39, 0.29) is 33.3 Å². The summed E-state index contributed by atoms with van der Waals surface area (Å²) in [5, 5.41) is 8.56. The van der Waals surface area contributed by atoms with Gasteiger partial charge in [-0.1, -0.05) is 29.3 Å². The third-order valence-corrected chi connectivity index (χ3v) is 8.38. The summed E-state index contributed by atoms with van der Waals surface area (Å²) >= 11 is 12.7. The molecule has 1 aliphatic rings. The second kappa shape index (κ2) is 9.25. The Balaban J connectivity index is 1.63. The van der Waals surface area contributed by atoms with E-state index in [9.17, 15) is 13.2 Å². The van der Waals surface area contributed by atoms with Crippen molar-refractivity contribution in [1.82, 2.24) is 24.5 Å². The molecule has 0 saturated heterocycles. The summed E-state index contributed by atoms with van der Waals surface area (Å²) in [6.45, 7) is 3.19. The maximum absolute atomic E-state index is 16.0. The van der Waals surface area contributed by atoms with Crippen LogP contribution < -0.4 is 5.56 Å². The van der Waals surface area contributed by atoms with Gasteiger partial charge in [0.2, 0.25) is 0 Å². The minimum absolute atomic E-state index is 0.0561. The van der Waals surface area contributed by atoms with Crippen LogP contribution in [-0.2, 0) is 16.9 Å². The predicted octanol–water partition coefficient (Wildman–Crippen LogP) is 4.90. The molecule has 4 aromatic rings. The van der Waals surface area contributed by atoms with E-state index >= 15 is 8.78 Å². The van der Waals surface area contributed by atoms with Crippen LogP contribution in [-0.4, -0.2) is 39.2 Å². The van der Waals surface area contributed by atoms with E-state index in [4.69, 9.17) is 23.2 Å². The number of rotatable bonds is 5. The summed E-state index contributed by atoms with van der Waals surface area (Å²) in [5.74, 6) is -2.28.